The second-order valence-corrected chi connectivity index (χ2v) is 3.35. The molecule has 0 heterocycles. The molecule has 0 aromatic rings. The largest absolute Gasteiger partial charge is 0.378 e. The van der Waals surface area contributed by atoms with Gasteiger partial charge in [-0.3, -0.25) is 0 Å². The van der Waals surface area contributed by atoms with Crippen molar-refractivity contribution in [2.75, 3.05) is 0 Å². The highest BCUT2D eigenvalue weighted by atomic mass is 127. The zero-order valence-electron chi connectivity index (χ0n) is 5.86. The Morgan fingerprint density at radius 2 is 1.80 bits per heavy atom. The summed E-state index contributed by atoms with van der Waals surface area (Å²) >= 11 is 1.98. The molecule has 1 N–H and O–H groups in total. The quantitative estimate of drug-likeness (QED) is 0.515. The fourth-order valence-electron chi connectivity index (χ4n) is 1.35. The molecule has 0 saturated heterocycles. The highest BCUT2D eigenvalue weighted by Crippen LogP contribution is 2.27. The predicted octanol–water partition coefficient (Wildman–Crippen LogP) is 2.08. The standard InChI is InChI=1S/C8H11IO/c9-7-6-8(10)4-2-1-3-5-8/h10H,1-5H2. The van der Waals surface area contributed by atoms with Gasteiger partial charge in [-0.05, 0) is 29.6 Å². The predicted molar refractivity (Wildman–Crippen MR) is 49.8 cm³/mol. The van der Waals surface area contributed by atoms with Crippen molar-refractivity contribution >= 4 is 22.6 Å². The van der Waals surface area contributed by atoms with Gasteiger partial charge in [0.1, 0.15) is 5.60 Å². The summed E-state index contributed by atoms with van der Waals surface area (Å²) in [6.45, 7) is 0. The number of hydrogen-bond acceptors (Lipinski definition) is 1. The van der Waals surface area contributed by atoms with E-state index in [1.54, 1.807) is 0 Å². The normalized spacial score (nSPS) is 23.0. The Morgan fingerprint density at radius 1 is 1.20 bits per heavy atom. The Bertz CT molecular complexity index is 160. The molecule has 0 aromatic heterocycles. The molecule has 1 nitrogen and oxygen atoms in total. The molecule has 0 spiro atoms. The monoisotopic (exact) mass is 250 g/mol. The van der Waals surface area contributed by atoms with Gasteiger partial charge in [0, 0.05) is 22.6 Å². The third-order valence-electron chi connectivity index (χ3n) is 1.96. The van der Waals surface area contributed by atoms with Crippen LogP contribution in [-0.2, 0) is 0 Å². The molecule has 0 bridgehead atoms. The molecule has 1 fully saturated rings. The third-order valence-corrected chi connectivity index (χ3v) is 2.23. The summed E-state index contributed by atoms with van der Waals surface area (Å²) in [6.07, 6.45) is 5.24. The lowest BCUT2D eigenvalue weighted by Gasteiger charge is -2.26. The van der Waals surface area contributed by atoms with Crippen LogP contribution in [0.15, 0.2) is 0 Å². The van der Waals surface area contributed by atoms with Crippen molar-refractivity contribution in [3.8, 4) is 9.85 Å². The van der Waals surface area contributed by atoms with Gasteiger partial charge in [-0.1, -0.05) is 12.3 Å². The first-order valence-electron chi connectivity index (χ1n) is 3.62. The van der Waals surface area contributed by atoms with E-state index in [1.807, 2.05) is 22.6 Å². The van der Waals surface area contributed by atoms with Gasteiger partial charge in [0.25, 0.3) is 0 Å². The Labute approximate surface area is 75.3 Å². The van der Waals surface area contributed by atoms with Gasteiger partial charge in [0.05, 0.1) is 0 Å². The van der Waals surface area contributed by atoms with Gasteiger partial charge in [-0.2, -0.15) is 0 Å². The topological polar surface area (TPSA) is 20.2 Å². The van der Waals surface area contributed by atoms with Crippen molar-refractivity contribution in [2.24, 2.45) is 0 Å². The molecular weight excluding hydrogens is 239 g/mol. The van der Waals surface area contributed by atoms with E-state index in [0.717, 1.165) is 25.7 Å². The van der Waals surface area contributed by atoms with Crippen molar-refractivity contribution in [1.82, 2.24) is 0 Å². The Morgan fingerprint density at radius 3 is 2.30 bits per heavy atom. The maximum atomic E-state index is 9.69. The highest BCUT2D eigenvalue weighted by molar-refractivity contribution is 14.1. The van der Waals surface area contributed by atoms with E-state index < -0.39 is 5.60 Å². The average molecular weight is 250 g/mol. The zero-order valence-corrected chi connectivity index (χ0v) is 8.02. The summed E-state index contributed by atoms with van der Waals surface area (Å²) in [6, 6.07) is 0. The maximum absolute atomic E-state index is 9.69. The minimum atomic E-state index is -0.639. The fraction of sp³-hybridized carbons (Fsp3) is 0.750. The SMILES string of the molecule is OC1(C#CI)CCCCC1. The van der Waals surface area contributed by atoms with E-state index in [4.69, 9.17) is 0 Å². The number of rotatable bonds is 0. The number of aliphatic hydroxyl groups is 1. The van der Waals surface area contributed by atoms with Crippen LogP contribution in [0.1, 0.15) is 32.1 Å². The van der Waals surface area contributed by atoms with Gasteiger partial charge < -0.3 is 5.11 Å². The van der Waals surface area contributed by atoms with E-state index >= 15 is 0 Å². The lowest BCUT2D eigenvalue weighted by atomic mass is 9.86. The van der Waals surface area contributed by atoms with Gasteiger partial charge >= 0.3 is 0 Å². The summed E-state index contributed by atoms with van der Waals surface area (Å²) in [4.78, 5) is 0. The molecule has 0 atom stereocenters. The average Bonchev–Trinajstić information content (AvgIpc) is 1.89. The summed E-state index contributed by atoms with van der Waals surface area (Å²) in [5.41, 5.74) is -0.639. The van der Waals surface area contributed by atoms with E-state index in [9.17, 15) is 5.11 Å². The van der Waals surface area contributed by atoms with E-state index in [2.05, 4.69) is 9.85 Å². The fourth-order valence-corrected chi connectivity index (χ4v) is 1.85. The molecular formula is C8H11IO. The smallest absolute Gasteiger partial charge is 0.126 e. The number of hydrogen-bond donors (Lipinski definition) is 1. The van der Waals surface area contributed by atoms with Gasteiger partial charge in [-0.25, -0.2) is 0 Å². The third kappa shape index (κ3) is 2.14. The van der Waals surface area contributed by atoms with Crippen LogP contribution in [0.3, 0.4) is 0 Å². The molecule has 0 unspecified atom stereocenters. The Balaban J connectivity index is 2.53. The lowest BCUT2D eigenvalue weighted by molar-refractivity contribution is 0.0611. The van der Waals surface area contributed by atoms with Crippen molar-refractivity contribution in [3.05, 3.63) is 0 Å². The van der Waals surface area contributed by atoms with Crippen LogP contribution in [0.4, 0.5) is 0 Å². The van der Waals surface area contributed by atoms with E-state index in [-0.39, 0.29) is 0 Å². The first kappa shape index (κ1) is 8.35. The van der Waals surface area contributed by atoms with Crippen LogP contribution in [-0.4, -0.2) is 10.7 Å². The van der Waals surface area contributed by atoms with Crippen LogP contribution in [0, 0.1) is 9.85 Å². The van der Waals surface area contributed by atoms with Crippen LogP contribution >= 0.6 is 22.6 Å². The molecule has 0 aliphatic heterocycles. The summed E-state index contributed by atoms with van der Waals surface area (Å²) in [7, 11) is 0. The molecule has 1 rings (SSSR count). The van der Waals surface area contributed by atoms with Gasteiger partial charge in [0.2, 0.25) is 0 Å². The van der Waals surface area contributed by atoms with Crippen molar-refractivity contribution in [3.63, 3.8) is 0 Å². The molecule has 1 aliphatic carbocycles. The summed E-state index contributed by atoms with van der Waals surface area (Å²) in [5, 5.41) is 9.69. The molecule has 1 saturated carbocycles. The first-order chi connectivity index (χ1) is 4.77. The van der Waals surface area contributed by atoms with E-state index in [0.29, 0.717) is 0 Å². The molecule has 0 aromatic carbocycles. The lowest BCUT2D eigenvalue weighted by Crippen LogP contribution is -2.28. The summed E-state index contributed by atoms with van der Waals surface area (Å²) < 4.78 is 2.75. The molecule has 0 radical (unpaired) electrons. The zero-order chi connectivity index (χ0) is 7.45. The minimum Gasteiger partial charge on any atom is -0.378 e. The molecule has 1 aliphatic rings. The van der Waals surface area contributed by atoms with Gasteiger partial charge in [-0.15, -0.1) is 0 Å². The molecule has 0 amide bonds. The van der Waals surface area contributed by atoms with Crippen molar-refractivity contribution in [1.29, 1.82) is 0 Å². The van der Waals surface area contributed by atoms with Gasteiger partial charge in [0.15, 0.2) is 0 Å². The highest BCUT2D eigenvalue weighted by Gasteiger charge is 2.26. The van der Waals surface area contributed by atoms with Crippen LogP contribution in [0.25, 0.3) is 0 Å². The van der Waals surface area contributed by atoms with Crippen LogP contribution < -0.4 is 0 Å². The van der Waals surface area contributed by atoms with Crippen LogP contribution in [0.2, 0.25) is 0 Å². The van der Waals surface area contributed by atoms with Crippen molar-refractivity contribution in [2.45, 2.75) is 37.7 Å². The molecule has 56 valence electrons. The molecule has 10 heavy (non-hydrogen) atoms. The maximum Gasteiger partial charge on any atom is 0.126 e. The minimum absolute atomic E-state index is 0.639. The van der Waals surface area contributed by atoms with Crippen molar-refractivity contribution < 1.29 is 5.11 Å². The van der Waals surface area contributed by atoms with Crippen LogP contribution in [0.5, 0.6) is 0 Å². The summed E-state index contributed by atoms with van der Waals surface area (Å²) in [5.74, 6) is 2.85. The second-order valence-electron chi connectivity index (χ2n) is 2.81. The number of halogens is 1. The molecule has 2 heteroatoms. The Kier molecular flexibility index (Phi) is 2.99. The Hall–Kier alpha value is 0.250. The second kappa shape index (κ2) is 3.59. The van der Waals surface area contributed by atoms with E-state index in [1.165, 1.54) is 6.42 Å². The first-order valence-corrected chi connectivity index (χ1v) is 4.70.